The van der Waals surface area contributed by atoms with Crippen LogP contribution >= 0.6 is 0 Å². The van der Waals surface area contributed by atoms with Gasteiger partial charge in [-0.3, -0.25) is 9.00 Å². The van der Waals surface area contributed by atoms with Crippen LogP contribution in [-0.4, -0.2) is 28.2 Å². The summed E-state index contributed by atoms with van der Waals surface area (Å²) >= 11 is 0. The van der Waals surface area contributed by atoms with Crippen LogP contribution in [0, 0.1) is 0 Å². The monoisotopic (exact) mass is 323 g/mol. The number of benzene rings is 1. The highest BCUT2D eigenvalue weighted by molar-refractivity contribution is 7.86. The van der Waals surface area contributed by atoms with E-state index in [9.17, 15) is 9.00 Å². The second kappa shape index (κ2) is 9.06. The molecular weight excluding hydrogens is 298 g/mol. The number of nitrogens with one attached hydrogen (secondary N) is 1. The summed E-state index contributed by atoms with van der Waals surface area (Å²) in [6, 6.07) is 7.87. The van der Waals surface area contributed by atoms with Crippen LogP contribution in [0.1, 0.15) is 43.2 Å². The van der Waals surface area contributed by atoms with Crippen LogP contribution in [0.3, 0.4) is 0 Å². The van der Waals surface area contributed by atoms with Crippen molar-refractivity contribution in [3.8, 4) is 0 Å². The van der Waals surface area contributed by atoms with Crippen molar-refractivity contribution in [3.05, 3.63) is 35.4 Å². The van der Waals surface area contributed by atoms with Crippen molar-refractivity contribution in [3.63, 3.8) is 0 Å². The zero-order valence-corrected chi connectivity index (χ0v) is 14.0. The zero-order valence-electron chi connectivity index (χ0n) is 13.2. The van der Waals surface area contributed by atoms with E-state index in [-0.39, 0.29) is 16.9 Å². The number of hydrogen-bond donors (Lipinski definition) is 1. The third-order valence-electron chi connectivity index (χ3n) is 4.09. The summed E-state index contributed by atoms with van der Waals surface area (Å²) in [6.45, 7) is 0.986. The average molecular weight is 323 g/mol. The van der Waals surface area contributed by atoms with Crippen molar-refractivity contribution in [1.29, 1.82) is 0 Å². The van der Waals surface area contributed by atoms with Crippen LogP contribution in [0.15, 0.2) is 24.3 Å². The predicted octanol–water partition coefficient (Wildman–Crippen LogP) is 2.53. The minimum Gasteiger partial charge on any atom is -0.380 e. The topological polar surface area (TPSA) is 55.4 Å². The number of rotatable bonds is 7. The third-order valence-corrected chi connectivity index (χ3v) is 5.85. The van der Waals surface area contributed by atoms with Crippen LogP contribution in [0.2, 0.25) is 0 Å². The molecule has 0 aromatic heterocycles. The van der Waals surface area contributed by atoms with Crippen LogP contribution in [0.4, 0.5) is 0 Å². The third kappa shape index (κ3) is 5.21. The van der Waals surface area contributed by atoms with Crippen molar-refractivity contribution in [2.45, 2.75) is 50.5 Å². The largest absolute Gasteiger partial charge is 0.380 e. The first-order valence-electron chi connectivity index (χ1n) is 7.90. The van der Waals surface area contributed by atoms with Gasteiger partial charge < -0.3 is 10.1 Å². The predicted molar refractivity (Wildman–Crippen MR) is 88.9 cm³/mol. The lowest BCUT2D eigenvalue weighted by molar-refractivity contribution is -0.118. The van der Waals surface area contributed by atoms with Gasteiger partial charge in [0, 0.05) is 29.7 Å². The SMILES string of the molecule is COCc1ccccc1CNC(=O)C[S@](=O)C1CCCCC1. The maximum Gasteiger partial charge on any atom is 0.232 e. The normalized spacial score (nSPS) is 17.1. The Labute approximate surface area is 135 Å². The minimum absolute atomic E-state index is 0.122. The second-order valence-electron chi connectivity index (χ2n) is 5.76. The van der Waals surface area contributed by atoms with Gasteiger partial charge in [0.1, 0.15) is 5.75 Å². The van der Waals surface area contributed by atoms with E-state index in [0.29, 0.717) is 13.2 Å². The maximum absolute atomic E-state index is 12.2. The van der Waals surface area contributed by atoms with Gasteiger partial charge in [-0.25, -0.2) is 0 Å². The van der Waals surface area contributed by atoms with Crippen LogP contribution in [-0.2, 0) is 33.5 Å². The van der Waals surface area contributed by atoms with E-state index in [1.54, 1.807) is 7.11 Å². The molecule has 1 aromatic carbocycles. The van der Waals surface area contributed by atoms with E-state index in [4.69, 9.17) is 4.74 Å². The molecule has 1 aliphatic rings. The van der Waals surface area contributed by atoms with Gasteiger partial charge >= 0.3 is 0 Å². The van der Waals surface area contributed by atoms with E-state index in [0.717, 1.165) is 36.8 Å². The second-order valence-corrected chi connectivity index (χ2v) is 7.48. The Morgan fingerprint density at radius 3 is 2.59 bits per heavy atom. The van der Waals surface area contributed by atoms with Gasteiger partial charge in [0.05, 0.1) is 6.61 Å². The fourth-order valence-corrected chi connectivity index (χ4v) is 4.30. The molecule has 1 atom stereocenters. The molecule has 0 unspecified atom stereocenters. The molecule has 1 saturated carbocycles. The maximum atomic E-state index is 12.2. The van der Waals surface area contributed by atoms with Gasteiger partial charge in [0.2, 0.25) is 5.91 Å². The standard InChI is InChI=1S/C17H25NO3S/c1-21-12-15-8-6-5-7-14(15)11-18-17(19)13-22(20)16-9-3-2-4-10-16/h5-8,16H,2-4,9-13H2,1H3,(H,18,19)/t22-/m0/s1. The van der Waals surface area contributed by atoms with Gasteiger partial charge in [0.25, 0.3) is 0 Å². The summed E-state index contributed by atoms with van der Waals surface area (Å²) in [5.41, 5.74) is 2.11. The Balaban J connectivity index is 1.81. The lowest BCUT2D eigenvalue weighted by Gasteiger charge is -2.20. The average Bonchev–Trinajstić information content (AvgIpc) is 2.55. The van der Waals surface area contributed by atoms with Gasteiger partial charge in [-0.2, -0.15) is 0 Å². The molecule has 22 heavy (non-hydrogen) atoms. The van der Waals surface area contributed by atoms with Crippen LogP contribution < -0.4 is 5.32 Å². The highest BCUT2D eigenvalue weighted by Crippen LogP contribution is 2.22. The molecule has 1 fully saturated rings. The summed E-state index contributed by atoms with van der Waals surface area (Å²) in [5, 5.41) is 3.09. The Kier molecular flexibility index (Phi) is 7.06. The van der Waals surface area contributed by atoms with Gasteiger partial charge in [-0.05, 0) is 24.0 Å². The molecule has 0 bridgehead atoms. The number of methoxy groups -OCH3 is 1. The molecule has 0 heterocycles. The number of ether oxygens (including phenoxy) is 1. The summed E-state index contributed by atoms with van der Waals surface area (Å²) in [5.74, 6) is -0.00645. The Morgan fingerprint density at radius 2 is 1.91 bits per heavy atom. The van der Waals surface area contributed by atoms with Gasteiger partial charge in [-0.15, -0.1) is 0 Å². The quantitative estimate of drug-likeness (QED) is 0.839. The van der Waals surface area contributed by atoms with Crippen molar-refractivity contribution in [2.75, 3.05) is 12.9 Å². The number of amides is 1. The molecule has 0 saturated heterocycles. The number of carbonyl (C=O) groups excluding carboxylic acids is 1. The molecule has 122 valence electrons. The van der Waals surface area contributed by atoms with E-state index in [2.05, 4.69) is 5.32 Å². The lowest BCUT2D eigenvalue weighted by atomic mass is 10.0. The summed E-state index contributed by atoms with van der Waals surface area (Å²) < 4.78 is 17.4. The molecule has 4 nitrogen and oxygen atoms in total. The summed E-state index contributed by atoms with van der Waals surface area (Å²) in [7, 11) is 0.616. The van der Waals surface area contributed by atoms with Crippen molar-refractivity contribution < 1.29 is 13.7 Å². The molecule has 0 spiro atoms. The van der Waals surface area contributed by atoms with Gasteiger partial charge in [0.15, 0.2) is 0 Å². The van der Waals surface area contributed by atoms with Gasteiger partial charge in [-0.1, -0.05) is 43.5 Å². The van der Waals surface area contributed by atoms with E-state index < -0.39 is 10.8 Å². The van der Waals surface area contributed by atoms with Crippen LogP contribution in [0.5, 0.6) is 0 Å². The smallest absolute Gasteiger partial charge is 0.232 e. The first kappa shape index (κ1) is 17.2. The first-order valence-corrected chi connectivity index (χ1v) is 9.28. The Morgan fingerprint density at radius 1 is 1.23 bits per heavy atom. The Bertz CT molecular complexity index is 512. The molecule has 0 radical (unpaired) electrons. The van der Waals surface area contributed by atoms with Crippen LogP contribution in [0.25, 0.3) is 0 Å². The molecule has 1 aliphatic carbocycles. The fraction of sp³-hybridized carbons (Fsp3) is 0.588. The molecule has 5 heteroatoms. The molecule has 1 amide bonds. The van der Waals surface area contributed by atoms with E-state index in [1.165, 1.54) is 6.42 Å². The van der Waals surface area contributed by atoms with E-state index in [1.807, 2.05) is 24.3 Å². The highest BCUT2D eigenvalue weighted by Gasteiger charge is 2.21. The molecule has 1 N–H and O–H groups in total. The molecule has 1 aromatic rings. The Hall–Kier alpha value is -1.20. The highest BCUT2D eigenvalue weighted by atomic mass is 32.2. The van der Waals surface area contributed by atoms with Crippen molar-refractivity contribution in [2.24, 2.45) is 0 Å². The number of carbonyl (C=O) groups is 1. The molecule has 0 aliphatic heterocycles. The first-order chi connectivity index (χ1) is 10.7. The lowest BCUT2D eigenvalue weighted by Crippen LogP contribution is -2.32. The van der Waals surface area contributed by atoms with Crippen molar-refractivity contribution >= 4 is 16.7 Å². The summed E-state index contributed by atoms with van der Waals surface area (Å²) in [4.78, 5) is 12.0. The molecule has 2 rings (SSSR count). The fourth-order valence-electron chi connectivity index (χ4n) is 2.85. The number of hydrogen-bond acceptors (Lipinski definition) is 3. The molecular formula is C17H25NO3S. The zero-order chi connectivity index (χ0) is 15.8. The summed E-state index contributed by atoms with van der Waals surface area (Å²) in [6.07, 6.45) is 5.51. The van der Waals surface area contributed by atoms with E-state index >= 15 is 0 Å². The van der Waals surface area contributed by atoms with Crippen molar-refractivity contribution in [1.82, 2.24) is 5.32 Å². The minimum atomic E-state index is -1.04.